The Balaban J connectivity index is 1.60. The highest BCUT2D eigenvalue weighted by molar-refractivity contribution is 5.89. The zero-order valence-electron chi connectivity index (χ0n) is 11.6. The number of halogens is 1. The predicted molar refractivity (Wildman–Crippen MR) is 75.3 cm³/mol. The molecule has 2 N–H and O–H groups in total. The van der Waals surface area contributed by atoms with Crippen LogP contribution in [0.4, 0.5) is 14.9 Å². The third-order valence-electron chi connectivity index (χ3n) is 3.38. The van der Waals surface area contributed by atoms with Crippen LogP contribution in [0.1, 0.15) is 30.5 Å². The number of anilines is 1. The summed E-state index contributed by atoms with van der Waals surface area (Å²) in [5.41, 5.74) is 0.148. The summed E-state index contributed by atoms with van der Waals surface area (Å²) in [6, 6.07) is 6.01. The minimum Gasteiger partial charge on any atom is -0.331 e. The largest absolute Gasteiger partial charge is 0.331 e. The molecule has 6 nitrogen and oxygen atoms in total. The molecule has 2 amide bonds. The maximum Gasteiger partial charge on any atom is 0.319 e. The van der Waals surface area contributed by atoms with Gasteiger partial charge < -0.3 is 15.2 Å². The van der Waals surface area contributed by atoms with Crippen molar-refractivity contribution in [2.24, 2.45) is 0 Å². The number of benzene rings is 1. The lowest BCUT2D eigenvalue weighted by atomic mass is 10.3. The van der Waals surface area contributed by atoms with Crippen molar-refractivity contribution < 1.29 is 9.18 Å². The molecular formula is C14H16FN5O. The maximum atomic E-state index is 13.4. The van der Waals surface area contributed by atoms with Gasteiger partial charge in [0.15, 0.2) is 5.82 Å². The first-order valence-electron chi connectivity index (χ1n) is 6.85. The Bertz CT molecular complexity index is 665. The minimum atomic E-state index is -0.469. The molecule has 110 valence electrons. The average molecular weight is 289 g/mol. The Morgan fingerprint density at radius 1 is 1.38 bits per heavy atom. The monoisotopic (exact) mass is 289 g/mol. The Labute approximate surface area is 121 Å². The van der Waals surface area contributed by atoms with Crippen LogP contribution in [0.3, 0.4) is 0 Å². The van der Waals surface area contributed by atoms with E-state index in [-0.39, 0.29) is 12.2 Å². The van der Waals surface area contributed by atoms with Crippen LogP contribution in [0.15, 0.2) is 24.3 Å². The smallest absolute Gasteiger partial charge is 0.319 e. The van der Waals surface area contributed by atoms with Crippen LogP contribution in [0.25, 0.3) is 0 Å². The van der Waals surface area contributed by atoms with Gasteiger partial charge in [-0.1, -0.05) is 12.1 Å². The number of hydrogen-bond acceptors (Lipinski definition) is 3. The van der Waals surface area contributed by atoms with Gasteiger partial charge in [-0.15, -0.1) is 10.2 Å². The second kappa shape index (κ2) is 5.51. The molecule has 1 fully saturated rings. The number of carbonyl (C=O) groups excluding carboxylic acids is 1. The molecule has 0 unspecified atom stereocenters. The van der Waals surface area contributed by atoms with Crippen LogP contribution in [-0.2, 0) is 6.54 Å². The normalized spacial score (nSPS) is 14.0. The van der Waals surface area contributed by atoms with Crippen LogP contribution < -0.4 is 10.6 Å². The molecule has 0 aliphatic heterocycles. The van der Waals surface area contributed by atoms with E-state index in [9.17, 15) is 9.18 Å². The molecule has 7 heteroatoms. The third-order valence-corrected chi connectivity index (χ3v) is 3.38. The van der Waals surface area contributed by atoms with Crippen molar-refractivity contribution in [1.82, 2.24) is 20.1 Å². The number of nitrogens with one attached hydrogen (secondary N) is 2. The second-order valence-electron chi connectivity index (χ2n) is 5.05. The molecule has 1 heterocycles. The number of urea groups is 1. The molecule has 1 aliphatic rings. The number of hydrogen-bond donors (Lipinski definition) is 2. The molecule has 0 radical (unpaired) electrons. The molecule has 0 atom stereocenters. The maximum absolute atomic E-state index is 13.4. The summed E-state index contributed by atoms with van der Waals surface area (Å²) in [7, 11) is 0. The first-order chi connectivity index (χ1) is 10.1. The molecule has 21 heavy (non-hydrogen) atoms. The van der Waals surface area contributed by atoms with Crippen molar-refractivity contribution in [2.75, 3.05) is 5.32 Å². The first kappa shape index (κ1) is 13.5. The SMILES string of the molecule is Cc1nnc(CNC(=O)Nc2ccccc2F)n1C1CC1. The Morgan fingerprint density at radius 3 is 2.86 bits per heavy atom. The van der Waals surface area contributed by atoms with E-state index < -0.39 is 11.8 Å². The van der Waals surface area contributed by atoms with E-state index in [0.717, 1.165) is 24.5 Å². The minimum absolute atomic E-state index is 0.148. The number of carbonyl (C=O) groups is 1. The summed E-state index contributed by atoms with van der Waals surface area (Å²) >= 11 is 0. The standard InChI is InChI=1S/C14H16FN5O/c1-9-18-19-13(20(9)10-6-7-10)8-16-14(21)17-12-5-3-2-4-11(12)15/h2-5,10H,6-8H2,1H3,(H2,16,17,21). The molecule has 1 aliphatic carbocycles. The zero-order chi connectivity index (χ0) is 14.8. The Hall–Kier alpha value is -2.44. The summed E-state index contributed by atoms with van der Waals surface area (Å²) in [5, 5.41) is 13.2. The van der Waals surface area contributed by atoms with E-state index in [1.165, 1.54) is 12.1 Å². The summed E-state index contributed by atoms with van der Waals surface area (Å²) in [6.45, 7) is 2.16. The van der Waals surface area contributed by atoms with Gasteiger partial charge in [0.1, 0.15) is 11.6 Å². The molecule has 0 spiro atoms. The van der Waals surface area contributed by atoms with Crippen LogP contribution in [0, 0.1) is 12.7 Å². The molecule has 0 bridgehead atoms. The highest BCUT2D eigenvalue weighted by Crippen LogP contribution is 2.36. The molecule has 2 aromatic rings. The van der Waals surface area contributed by atoms with Crippen molar-refractivity contribution in [3.05, 3.63) is 41.7 Å². The van der Waals surface area contributed by atoms with Gasteiger partial charge in [-0.2, -0.15) is 0 Å². The van der Waals surface area contributed by atoms with Crippen LogP contribution in [-0.4, -0.2) is 20.8 Å². The topological polar surface area (TPSA) is 71.8 Å². The lowest BCUT2D eigenvalue weighted by Gasteiger charge is -2.09. The molecule has 0 saturated heterocycles. The number of aromatic nitrogens is 3. The average Bonchev–Trinajstić information content (AvgIpc) is 3.23. The third kappa shape index (κ3) is 3.01. The lowest BCUT2D eigenvalue weighted by molar-refractivity contribution is 0.251. The fourth-order valence-corrected chi connectivity index (χ4v) is 2.23. The van der Waals surface area contributed by atoms with Crippen LogP contribution in [0.5, 0.6) is 0 Å². The van der Waals surface area contributed by atoms with Gasteiger partial charge in [-0.3, -0.25) is 0 Å². The van der Waals surface area contributed by atoms with Gasteiger partial charge in [-0.25, -0.2) is 9.18 Å². The first-order valence-corrected chi connectivity index (χ1v) is 6.85. The van der Waals surface area contributed by atoms with Crippen LogP contribution >= 0.6 is 0 Å². The van der Waals surface area contributed by atoms with Crippen molar-refractivity contribution >= 4 is 11.7 Å². The van der Waals surface area contributed by atoms with E-state index in [4.69, 9.17) is 0 Å². The number of nitrogens with zero attached hydrogens (tertiary/aromatic N) is 3. The fraction of sp³-hybridized carbons (Fsp3) is 0.357. The second-order valence-corrected chi connectivity index (χ2v) is 5.05. The van der Waals surface area contributed by atoms with E-state index in [0.29, 0.717) is 6.04 Å². The number of amides is 2. The van der Waals surface area contributed by atoms with Gasteiger partial charge >= 0.3 is 6.03 Å². The number of aryl methyl sites for hydroxylation is 1. The highest BCUT2D eigenvalue weighted by atomic mass is 19.1. The molecule has 1 aromatic heterocycles. The quantitative estimate of drug-likeness (QED) is 0.907. The predicted octanol–water partition coefficient (Wildman–Crippen LogP) is 2.38. The van der Waals surface area contributed by atoms with Gasteiger partial charge in [-0.05, 0) is 31.9 Å². The van der Waals surface area contributed by atoms with Crippen molar-refractivity contribution in [3.8, 4) is 0 Å². The van der Waals surface area contributed by atoms with Crippen molar-refractivity contribution in [1.29, 1.82) is 0 Å². The Kier molecular flexibility index (Phi) is 3.55. The zero-order valence-corrected chi connectivity index (χ0v) is 11.6. The summed E-state index contributed by atoms with van der Waals surface area (Å²) in [6.07, 6.45) is 2.24. The molecule has 3 rings (SSSR count). The van der Waals surface area contributed by atoms with E-state index in [1.807, 2.05) is 11.5 Å². The van der Waals surface area contributed by atoms with Gasteiger partial charge in [0.25, 0.3) is 0 Å². The molecule has 1 aromatic carbocycles. The summed E-state index contributed by atoms with van der Waals surface area (Å²) in [5.74, 6) is 1.10. The number of para-hydroxylation sites is 1. The molecular weight excluding hydrogens is 273 g/mol. The van der Waals surface area contributed by atoms with Gasteiger partial charge in [0, 0.05) is 6.04 Å². The lowest BCUT2D eigenvalue weighted by Crippen LogP contribution is -2.29. The van der Waals surface area contributed by atoms with E-state index >= 15 is 0 Å². The summed E-state index contributed by atoms with van der Waals surface area (Å²) < 4.78 is 15.5. The van der Waals surface area contributed by atoms with E-state index in [2.05, 4.69) is 20.8 Å². The van der Waals surface area contributed by atoms with Gasteiger partial charge in [0.2, 0.25) is 0 Å². The van der Waals surface area contributed by atoms with Crippen LogP contribution in [0.2, 0.25) is 0 Å². The van der Waals surface area contributed by atoms with Crippen molar-refractivity contribution in [3.63, 3.8) is 0 Å². The Morgan fingerprint density at radius 2 is 2.14 bits per heavy atom. The summed E-state index contributed by atoms with van der Waals surface area (Å²) in [4.78, 5) is 11.8. The van der Waals surface area contributed by atoms with E-state index in [1.54, 1.807) is 12.1 Å². The van der Waals surface area contributed by atoms with Crippen molar-refractivity contribution in [2.45, 2.75) is 32.4 Å². The van der Waals surface area contributed by atoms with Gasteiger partial charge in [0.05, 0.1) is 12.2 Å². The highest BCUT2D eigenvalue weighted by Gasteiger charge is 2.28. The molecule has 1 saturated carbocycles. The number of rotatable bonds is 4. The fourth-order valence-electron chi connectivity index (χ4n) is 2.23.